The molecule has 0 fully saturated rings. The van der Waals surface area contributed by atoms with Gasteiger partial charge in [0.1, 0.15) is 11.5 Å². The number of nitrogens with one attached hydrogen (secondary N) is 3. The second-order valence-electron chi connectivity index (χ2n) is 6.43. The first-order chi connectivity index (χ1) is 13.8. The Balaban J connectivity index is 1.26. The van der Waals surface area contributed by atoms with E-state index in [0.29, 0.717) is 5.11 Å². The lowest BCUT2D eigenvalue weighted by atomic mass is 10.1. The topological polar surface area (TPSA) is 49.1 Å². The molecule has 4 nitrogen and oxygen atoms in total. The molecule has 0 amide bonds. The molecule has 1 aromatic heterocycles. The average Bonchev–Trinajstić information content (AvgIpc) is 3.14. The number of aromatic amines is 1. The fraction of sp³-hybridized carbons (Fsp3) is 0.0870. The van der Waals surface area contributed by atoms with E-state index in [1.165, 1.54) is 10.9 Å². The number of fused-ring (bicyclic) bond motifs is 1. The second kappa shape index (κ2) is 8.59. The molecule has 3 aromatic carbocycles. The summed E-state index contributed by atoms with van der Waals surface area (Å²) in [6, 6.07) is 25.8. The summed E-state index contributed by atoms with van der Waals surface area (Å²) in [5, 5.41) is 8.34. The number of anilines is 1. The van der Waals surface area contributed by atoms with Crippen molar-refractivity contribution >= 4 is 33.9 Å². The third-order valence-corrected chi connectivity index (χ3v) is 4.69. The minimum absolute atomic E-state index is 0.608. The summed E-state index contributed by atoms with van der Waals surface area (Å²) in [5.74, 6) is 1.60. The van der Waals surface area contributed by atoms with Crippen molar-refractivity contribution in [2.75, 3.05) is 11.9 Å². The monoisotopic (exact) mass is 387 g/mol. The highest BCUT2D eigenvalue weighted by Crippen LogP contribution is 2.22. The van der Waals surface area contributed by atoms with Crippen molar-refractivity contribution in [2.45, 2.75) is 6.42 Å². The standard InChI is InChI=1S/C23H21N3OS/c28-23(24-15-14-17-16-25-22-9-5-4-8-21(17)22)26-18-10-12-20(13-11-18)27-19-6-2-1-3-7-19/h1-13,16,25H,14-15H2,(H2,24,26,28). The molecule has 0 aliphatic carbocycles. The van der Waals surface area contributed by atoms with E-state index in [1.807, 2.05) is 60.7 Å². The van der Waals surface area contributed by atoms with Crippen LogP contribution >= 0.6 is 12.2 Å². The van der Waals surface area contributed by atoms with Crippen molar-refractivity contribution in [3.63, 3.8) is 0 Å². The summed E-state index contributed by atoms with van der Waals surface area (Å²) in [6.45, 7) is 0.767. The summed E-state index contributed by atoms with van der Waals surface area (Å²) in [4.78, 5) is 3.30. The maximum atomic E-state index is 5.80. The third-order valence-electron chi connectivity index (χ3n) is 4.45. The van der Waals surface area contributed by atoms with E-state index >= 15 is 0 Å². The highest BCUT2D eigenvalue weighted by Gasteiger charge is 2.04. The van der Waals surface area contributed by atoms with Gasteiger partial charge in [-0.3, -0.25) is 0 Å². The van der Waals surface area contributed by atoms with E-state index in [0.717, 1.165) is 35.7 Å². The van der Waals surface area contributed by atoms with Gasteiger partial charge in [0, 0.05) is 29.3 Å². The van der Waals surface area contributed by atoms with Crippen LogP contribution in [0.4, 0.5) is 5.69 Å². The van der Waals surface area contributed by atoms with E-state index in [1.54, 1.807) is 0 Å². The first-order valence-electron chi connectivity index (χ1n) is 9.21. The molecule has 1 heterocycles. The van der Waals surface area contributed by atoms with Crippen LogP contribution < -0.4 is 15.4 Å². The van der Waals surface area contributed by atoms with Crippen molar-refractivity contribution in [3.05, 3.63) is 90.6 Å². The Morgan fingerprint density at radius 3 is 2.39 bits per heavy atom. The predicted octanol–water partition coefficient (Wildman–Crippen LogP) is 5.49. The van der Waals surface area contributed by atoms with Gasteiger partial charge in [0.2, 0.25) is 0 Å². The zero-order chi connectivity index (χ0) is 19.2. The second-order valence-corrected chi connectivity index (χ2v) is 6.84. The lowest BCUT2D eigenvalue weighted by molar-refractivity contribution is 0.483. The number of rotatable bonds is 6. The van der Waals surface area contributed by atoms with Crippen LogP contribution in [0.25, 0.3) is 10.9 Å². The largest absolute Gasteiger partial charge is 0.457 e. The van der Waals surface area contributed by atoms with Crippen LogP contribution in [0.1, 0.15) is 5.56 Å². The predicted molar refractivity (Wildman–Crippen MR) is 119 cm³/mol. The summed E-state index contributed by atoms with van der Waals surface area (Å²) in [5.41, 5.74) is 3.37. The molecule has 0 aliphatic heterocycles. The van der Waals surface area contributed by atoms with Crippen LogP contribution in [0, 0.1) is 0 Å². The van der Waals surface area contributed by atoms with Gasteiger partial charge in [-0.2, -0.15) is 0 Å². The number of ether oxygens (including phenoxy) is 1. The normalized spacial score (nSPS) is 10.6. The number of benzene rings is 3. The fourth-order valence-electron chi connectivity index (χ4n) is 3.06. The Kier molecular flexibility index (Phi) is 5.54. The van der Waals surface area contributed by atoms with E-state index in [4.69, 9.17) is 17.0 Å². The van der Waals surface area contributed by atoms with Crippen molar-refractivity contribution < 1.29 is 4.74 Å². The van der Waals surface area contributed by atoms with Crippen LogP contribution in [0.15, 0.2) is 85.1 Å². The van der Waals surface area contributed by atoms with Crippen molar-refractivity contribution in [1.29, 1.82) is 0 Å². The van der Waals surface area contributed by atoms with E-state index in [2.05, 4.69) is 40.0 Å². The van der Waals surface area contributed by atoms with Gasteiger partial charge in [-0.05, 0) is 66.7 Å². The molecule has 0 spiro atoms. The quantitative estimate of drug-likeness (QED) is 0.383. The Labute approximate surface area is 169 Å². The highest BCUT2D eigenvalue weighted by molar-refractivity contribution is 7.80. The Hall–Kier alpha value is -3.31. The fourth-order valence-corrected chi connectivity index (χ4v) is 3.28. The van der Waals surface area contributed by atoms with Gasteiger partial charge in [0.15, 0.2) is 5.11 Å². The van der Waals surface area contributed by atoms with Gasteiger partial charge in [-0.25, -0.2) is 0 Å². The maximum absolute atomic E-state index is 5.80. The molecule has 0 saturated heterocycles. The number of aromatic nitrogens is 1. The maximum Gasteiger partial charge on any atom is 0.170 e. The molecule has 0 radical (unpaired) electrons. The molecule has 0 bridgehead atoms. The molecule has 4 aromatic rings. The lowest BCUT2D eigenvalue weighted by Gasteiger charge is -2.11. The SMILES string of the molecule is S=C(NCCc1c[nH]c2ccccc12)Nc1ccc(Oc2ccccc2)cc1. The number of thiocarbonyl (C=S) groups is 1. The smallest absolute Gasteiger partial charge is 0.170 e. The van der Waals surface area contributed by atoms with Gasteiger partial charge in [-0.1, -0.05) is 36.4 Å². The van der Waals surface area contributed by atoms with Crippen molar-refractivity contribution in [1.82, 2.24) is 10.3 Å². The molecule has 3 N–H and O–H groups in total. The lowest BCUT2D eigenvalue weighted by Crippen LogP contribution is -2.30. The molecule has 0 saturated carbocycles. The van der Waals surface area contributed by atoms with Crippen LogP contribution in [0.5, 0.6) is 11.5 Å². The van der Waals surface area contributed by atoms with Gasteiger partial charge < -0.3 is 20.4 Å². The van der Waals surface area contributed by atoms with Crippen molar-refractivity contribution in [3.8, 4) is 11.5 Å². The molecule has 0 unspecified atom stereocenters. The summed E-state index contributed by atoms with van der Waals surface area (Å²) in [7, 11) is 0. The van der Waals surface area contributed by atoms with Gasteiger partial charge in [0.25, 0.3) is 0 Å². The first-order valence-corrected chi connectivity index (χ1v) is 9.61. The molecular formula is C23H21N3OS. The number of hydrogen-bond acceptors (Lipinski definition) is 2. The summed E-state index contributed by atoms with van der Waals surface area (Å²) in [6.07, 6.45) is 2.96. The number of para-hydroxylation sites is 2. The van der Waals surface area contributed by atoms with Gasteiger partial charge in [0.05, 0.1) is 0 Å². The van der Waals surface area contributed by atoms with E-state index in [9.17, 15) is 0 Å². The summed E-state index contributed by atoms with van der Waals surface area (Å²) >= 11 is 5.40. The Morgan fingerprint density at radius 1 is 0.857 bits per heavy atom. The Bertz CT molecular complexity index is 1060. The van der Waals surface area contributed by atoms with Crippen molar-refractivity contribution in [2.24, 2.45) is 0 Å². The minimum atomic E-state index is 0.608. The van der Waals surface area contributed by atoms with Crippen LogP contribution in [0.2, 0.25) is 0 Å². The van der Waals surface area contributed by atoms with Crippen LogP contribution in [-0.4, -0.2) is 16.6 Å². The molecule has 0 aliphatic rings. The van der Waals surface area contributed by atoms with Crippen LogP contribution in [-0.2, 0) is 6.42 Å². The number of hydrogen-bond donors (Lipinski definition) is 3. The Morgan fingerprint density at radius 2 is 1.57 bits per heavy atom. The third kappa shape index (κ3) is 4.50. The molecule has 0 atom stereocenters. The summed E-state index contributed by atoms with van der Waals surface area (Å²) < 4.78 is 5.80. The zero-order valence-electron chi connectivity index (χ0n) is 15.3. The number of H-pyrrole nitrogens is 1. The molecule has 28 heavy (non-hydrogen) atoms. The molecule has 5 heteroatoms. The van der Waals surface area contributed by atoms with E-state index < -0.39 is 0 Å². The average molecular weight is 388 g/mol. The van der Waals surface area contributed by atoms with Gasteiger partial charge in [-0.15, -0.1) is 0 Å². The van der Waals surface area contributed by atoms with Gasteiger partial charge >= 0.3 is 0 Å². The molecular weight excluding hydrogens is 366 g/mol. The molecule has 140 valence electrons. The van der Waals surface area contributed by atoms with Crippen LogP contribution in [0.3, 0.4) is 0 Å². The van der Waals surface area contributed by atoms with E-state index in [-0.39, 0.29) is 0 Å². The first kappa shape index (κ1) is 18.1. The minimum Gasteiger partial charge on any atom is -0.457 e. The molecule has 4 rings (SSSR count). The zero-order valence-corrected chi connectivity index (χ0v) is 16.1. The highest BCUT2D eigenvalue weighted by atomic mass is 32.1.